The van der Waals surface area contributed by atoms with Gasteiger partial charge in [-0.2, -0.15) is 0 Å². The Morgan fingerprint density at radius 1 is 1.03 bits per heavy atom. The third kappa shape index (κ3) is 8.05. The number of rotatable bonds is 7. The van der Waals surface area contributed by atoms with Crippen LogP contribution in [-0.4, -0.2) is 61.8 Å². The number of nitrogens with one attached hydrogen (secondary N) is 1. The van der Waals surface area contributed by atoms with Crippen LogP contribution in [0.4, 0.5) is 10.5 Å². The van der Waals surface area contributed by atoms with Crippen LogP contribution in [-0.2, 0) is 27.7 Å². The molecule has 0 spiro atoms. The molecule has 0 radical (unpaired) electrons. The molecule has 1 amide bonds. The van der Waals surface area contributed by atoms with E-state index in [1.807, 2.05) is 32.9 Å². The van der Waals surface area contributed by atoms with Gasteiger partial charge in [0.1, 0.15) is 5.60 Å². The minimum absolute atomic E-state index is 0.100. The minimum atomic E-state index is -3.54. The first-order chi connectivity index (χ1) is 15.9. The van der Waals surface area contributed by atoms with E-state index in [-0.39, 0.29) is 18.3 Å². The van der Waals surface area contributed by atoms with Crippen LogP contribution >= 0.6 is 23.2 Å². The monoisotopic (exact) mass is 527 g/mol. The fourth-order valence-corrected chi connectivity index (χ4v) is 5.07. The van der Waals surface area contributed by atoms with Gasteiger partial charge in [0.15, 0.2) is 0 Å². The van der Waals surface area contributed by atoms with E-state index in [9.17, 15) is 13.2 Å². The van der Waals surface area contributed by atoms with Crippen LogP contribution in [0.15, 0.2) is 42.5 Å². The lowest BCUT2D eigenvalue weighted by molar-refractivity contribution is 0.0139. The van der Waals surface area contributed by atoms with E-state index in [1.165, 1.54) is 0 Å². The SMILES string of the molecule is CC(C)(C)OC(=O)N1CCN(Cc2ccc(NS(=O)(=O)CCc3cccc(Cl)c3Cl)cc2)CC1. The van der Waals surface area contributed by atoms with Gasteiger partial charge in [0.25, 0.3) is 0 Å². The van der Waals surface area contributed by atoms with Gasteiger partial charge in [-0.25, -0.2) is 13.2 Å². The normalized spacial score (nSPS) is 15.3. The summed E-state index contributed by atoms with van der Waals surface area (Å²) in [5, 5.41) is 0.794. The summed E-state index contributed by atoms with van der Waals surface area (Å²) in [6, 6.07) is 12.5. The fourth-order valence-electron chi connectivity index (χ4n) is 3.57. The highest BCUT2D eigenvalue weighted by atomic mass is 35.5. The molecule has 1 aliphatic rings. The average molecular weight is 529 g/mol. The van der Waals surface area contributed by atoms with Crippen LogP contribution in [0, 0.1) is 0 Å². The van der Waals surface area contributed by atoms with Gasteiger partial charge in [-0.05, 0) is 56.5 Å². The maximum atomic E-state index is 12.5. The number of hydrogen-bond donors (Lipinski definition) is 1. The van der Waals surface area contributed by atoms with E-state index in [4.69, 9.17) is 27.9 Å². The van der Waals surface area contributed by atoms with Crippen molar-refractivity contribution in [3.05, 3.63) is 63.6 Å². The van der Waals surface area contributed by atoms with Gasteiger partial charge in [0.2, 0.25) is 10.0 Å². The lowest BCUT2D eigenvalue weighted by Crippen LogP contribution is -2.49. The number of carbonyl (C=O) groups is 1. The molecule has 3 rings (SSSR count). The highest BCUT2D eigenvalue weighted by molar-refractivity contribution is 7.92. The maximum Gasteiger partial charge on any atom is 0.410 e. The third-order valence-electron chi connectivity index (χ3n) is 5.33. The topological polar surface area (TPSA) is 79.0 Å². The van der Waals surface area contributed by atoms with Crippen molar-refractivity contribution in [2.24, 2.45) is 0 Å². The van der Waals surface area contributed by atoms with Crippen LogP contribution in [0.25, 0.3) is 0 Å². The first kappa shape index (κ1) is 26.6. The van der Waals surface area contributed by atoms with Crippen LogP contribution in [0.5, 0.6) is 0 Å². The Kier molecular flexibility index (Phi) is 8.73. The molecule has 0 aromatic heterocycles. The molecule has 1 saturated heterocycles. The number of nitrogens with zero attached hydrogens (tertiary/aromatic N) is 2. The molecule has 0 saturated carbocycles. The van der Waals surface area contributed by atoms with Gasteiger partial charge in [-0.15, -0.1) is 0 Å². The Bertz CT molecular complexity index is 1090. The maximum absolute atomic E-state index is 12.5. The summed E-state index contributed by atoms with van der Waals surface area (Å²) in [7, 11) is -3.54. The summed E-state index contributed by atoms with van der Waals surface area (Å²) >= 11 is 12.2. The largest absolute Gasteiger partial charge is 0.444 e. The highest BCUT2D eigenvalue weighted by Gasteiger charge is 2.25. The van der Waals surface area contributed by atoms with Crippen LogP contribution in [0.1, 0.15) is 31.9 Å². The van der Waals surface area contributed by atoms with E-state index >= 15 is 0 Å². The summed E-state index contributed by atoms with van der Waals surface area (Å²) in [6.07, 6.45) is -0.0105. The molecule has 1 N–H and O–H groups in total. The Hall–Kier alpha value is -2.00. The standard InChI is InChI=1S/C24H31Cl2N3O4S/c1-24(2,3)33-23(30)29-14-12-28(13-15-29)17-18-7-9-20(10-8-18)27-34(31,32)16-11-19-5-4-6-21(25)22(19)26/h4-10,27H,11-17H2,1-3H3. The highest BCUT2D eigenvalue weighted by Crippen LogP contribution is 2.26. The van der Waals surface area contributed by atoms with E-state index < -0.39 is 15.6 Å². The van der Waals surface area contributed by atoms with Gasteiger partial charge < -0.3 is 9.64 Å². The van der Waals surface area contributed by atoms with Gasteiger partial charge in [0.05, 0.1) is 15.8 Å². The predicted octanol–water partition coefficient (Wildman–Crippen LogP) is 5.03. The predicted molar refractivity (Wildman–Crippen MR) is 137 cm³/mol. The average Bonchev–Trinajstić information content (AvgIpc) is 2.75. The molecule has 0 unspecified atom stereocenters. The molecule has 7 nitrogen and oxygen atoms in total. The number of halogens is 2. The van der Waals surface area contributed by atoms with Crippen molar-refractivity contribution in [1.82, 2.24) is 9.80 Å². The molecule has 1 fully saturated rings. The number of hydrogen-bond acceptors (Lipinski definition) is 5. The summed E-state index contributed by atoms with van der Waals surface area (Å²) < 4.78 is 33.1. The van der Waals surface area contributed by atoms with Gasteiger partial charge in [-0.1, -0.05) is 47.5 Å². The number of anilines is 1. The zero-order valence-corrected chi connectivity index (χ0v) is 22.0. The van der Waals surface area contributed by atoms with Crippen molar-refractivity contribution in [2.75, 3.05) is 36.7 Å². The van der Waals surface area contributed by atoms with Gasteiger partial charge in [0, 0.05) is 38.4 Å². The Morgan fingerprint density at radius 3 is 2.29 bits per heavy atom. The second-order valence-electron chi connectivity index (χ2n) is 9.32. The number of benzene rings is 2. The first-order valence-corrected chi connectivity index (χ1v) is 13.6. The Morgan fingerprint density at radius 2 is 1.68 bits per heavy atom. The number of aryl methyl sites for hydroxylation is 1. The zero-order chi connectivity index (χ0) is 24.9. The molecule has 10 heteroatoms. The molecule has 0 bridgehead atoms. The summed E-state index contributed by atoms with van der Waals surface area (Å²) in [5.74, 6) is -0.100. The molecule has 0 atom stereocenters. The summed E-state index contributed by atoms with van der Waals surface area (Å²) in [6.45, 7) is 9.04. The second-order valence-corrected chi connectivity index (χ2v) is 12.0. The van der Waals surface area contributed by atoms with Crippen molar-refractivity contribution in [2.45, 2.75) is 39.3 Å². The molecular formula is C24H31Cl2N3O4S. The van der Waals surface area contributed by atoms with E-state index in [2.05, 4.69) is 9.62 Å². The number of piperazine rings is 1. The molecule has 0 aliphatic carbocycles. The van der Waals surface area contributed by atoms with E-state index in [0.717, 1.165) is 25.2 Å². The molecule has 34 heavy (non-hydrogen) atoms. The number of carbonyl (C=O) groups excluding carboxylic acids is 1. The lowest BCUT2D eigenvalue weighted by Gasteiger charge is -2.35. The zero-order valence-electron chi connectivity index (χ0n) is 19.7. The molecular weight excluding hydrogens is 497 g/mol. The van der Waals surface area contributed by atoms with Gasteiger partial charge in [-0.3, -0.25) is 9.62 Å². The van der Waals surface area contributed by atoms with Gasteiger partial charge >= 0.3 is 6.09 Å². The number of amides is 1. The van der Waals surface area contributed by atoms with Crippen molar-refractivity contribution >= 4 is 45.0 Å². The minimum Gasteiger partial charge on any atom is -0.444 e. The quantitative estimate of drug-likeness (QED) is 0.546. The van der Waals surface area contributed by atoms with Crippen molar-refractivity contribution in [1.29, 1.82) is 0 Å². The van der Waals surface area contributed by atoms with Crippen LogP contribution < -0.4 is 4.72 Å². The summed E-state index contributed by atoms with van der Waals surface area (Å²) in [5.41, 5.74) is 1.77. The first-order valence-electron chi connectivity index (χ1n) is 11.1. The Labute approximate surface area is 212 Å². The fraction of sp³-hybridized carbons (Fsp3) is 0.458. The Balaban J connectivity index is 1.48. The smallest absolute Gasteiger partial charge is 0.410 e. The molecule has 2 aromatic carbocycles. The number of ether oxygens (including phenoxy) is 1. The summed E-state index contributed by atoms with van der Waals surface area (Å²) in [4.78, 5) is 16.2. The van der Waals surface area contributed by atoms with Crippen LogP contribution in [0.3, 0.4) is 0 Å². The van der Waals surface area contributed by atoms with E-state index in [0.29, 0.717) is 34.4 Å². The van der Waals surface area contributed by atoms with E-state index in [1.54, 1.807) is 35.2 Å². The van der Waals surface area contributed by atoms with Crippen molar-refractivity contribution in [3.8, 4) is 0 Å². The molecule has 1 aliphatic heterocycles. The number of sulfonamides is 1. The van der Waals surface area contributed by atoms with Crippen molar-refractivity contribution < 1.29 is 17.9 Å². The van der Waals surface area contributed by atoms with Crippen LogP contribution in [0.2, 0.25) is 10.0 Å². The molecule has 186 valence electrons. The van der Waals surface area contributed by atoms with Crippen molar-refractivity contribution in [3.63, 3.8) is 0 Å². The molecule has 1 heterocycles. The third-order valence-corrected chi connectivity index (χ3v) is 7.48. The second kappa shape index (κ2) is 11.2. The molecule has 2 aromatic rings. The lowest BCUT2D eigenvalue weighted by atomic mass is 10.2.